The van der Waals surface area contributed by atoms with Gasteiger partial charge < -0.3 is 33.8 Å². The third-order valence-corrected chi connectivity index (χ3v) is 5.89. The normalized spacial score (nSPS) is 11.4. The van der Waals surface area contributed by atoms with Crippen molar-refractivity contribution in [2.24, 2.45) is 4.99 Å². The fourth-order valence-corrected chi connectivity index (χ4v) is 3.98. The highest BCUT2D eigenvalue weighted by molar-refractivity contribution is 6.06. The number of anilines is 1. The second-order valence-electron chi connectivity index (χ2n) is 8.36. The third kappa shape index (κ3) is 5.96. The van der Waals surface area contributed by atoms with Crippen LogP contribution in [0.15, 0.2) is 58.1 Å². The van der Waals surface area contributed by atoms with E-state index in [0.29, 0.717) is 69.8 Å². The van der Waals surface area contributed by atoms with Crippen LogP contribution in [0.3, 0.4) is 0 Å². The van der Waals surface area contributed by atoms with Gasteiger partial charge in [0.2, 0.25) is 5.55 Å². The first-order valence-electron chi connectivity index (χ1n) is 12.4. The van der Waals surface area contributed by atoms with Gasteiger partial charge in [-0.25, -0.2) is 4.99 Å². The molecule has 39 heavy (non-hydrogen) atoms. The van der Waals surface area contributed by atoms with Gasteiger partial charge >= 0.3 is 0 Å². The average molecular weight is 534 g/mol. The van der Waals surface area contributed by atoms with Crippen LogP contribution >= 0.6 is 0 Å². The van der Waals surface area contributed by atoms with E-state index >= 15 is 0 Å². The molecule has 0 bridgehead atoms. The number of nitrogens with zero attached hydrogens (tertiary/aromatic N) is 2. The van der Waals surface area contributed by atoms with E-state index < -0.39 is 5.91 Å². The van der Waals surface area contributed by atoms with E-state index in [1.54, 1.807) is 62.7 Å². The number of aliphatic hydroxyl groups excluding tert-OH is 1. The number of aryl methyl sites for hydroxylation is 1. The van der Waals surface area contributed by atoms with Gasteiger partial charge in [0.05, 0.1) is 45.4 Å². The number of ether oxygens (including phenoxy) is 4. The van der Waals surface area contributed by atoms with Crippen molar-refractivity contribution < 1.29 is 33.3 Å². The van der Waals surface area contributed by atoms with Crippen LogP contribution in [0.2, 0.25) is 0 Å². The van der Waals surface area contributed by atoms with Crippen LogP contribution in [0.4, 0.5) is 11.4 Å². The molecule has 2 N–H and O–H groups in total. The van der Waals surface area contributed by atoms with Gasteiger partial charge in [0.25, 0.3) is 5.91 Å². The zero-order valence-electron chi connectivity index (χ0n) is 22.5. The van der Waals surface area contributed by atoms with E-state index in [1.807, 2.05) is 13.8 Å². The Morgan fingerprint density at radius 3 is 2.46 bits per heavy atom. The molecule has 0 saturated heterocycles. The number of hydrogen-bond donors (Lipinski definition) is 2. The smallest absolute Gasteiger partial charge is 0.261 e. The van der Waals surface area contributed by atoms with Crippen molar-refractivity contribution in [2.75, 3.05) is 32.8 Å². The van der Waals surface area contributed by atoms with Gasteiger partial charge in [0.1, 0.15) is 34.2 Å². The second-order valence-corrected chi connectivity index (χ2v) is 8.36. The van der Waals surface area contributed by atoms with Gasteiger partial charge in [0.15, 0.2) is 5.58 Å². The minimum atomic E-state index is -0.500. The van der Waals surface area contributed by atoms with E-state index in [2.05, 4.69) is 10.3 Å². The molecule has 2 aromatic carbocycles. The first kappa shape index (κ1) is 27.5. The predicted octanol–water partition coefficient (Wildman–Crippen LogP) is 4.93. The lowest BCUT2D eigenvalue weighted by atomic mass is 10.1. The fraction of sp³-hybridized carbons (Fsp3) is 0.276. The highest BCUT2D eigenvalue weighted by Crippen LogP contribution is 2.33. The maximum absolute atomic E-state index is 13.7. The molecule has 0 aliphatic carbocycles. The average Bonchev–Trinajstić information content (AvgIpc) is 2.95. The molecule has 0 radical (unpaired) electrons. The highest BCUT2D eigenvalue weighted by atomic mass is 16.5. The van der Waals surface area contributed by atoms with Crippen molar-refractivity contribution in [1.82, 2.24) is 4.98 Å². The second kappa shape index (κ2) is 12.3. The maximum atomic E-state index is 13.7. The molecule has 0 spiro atoms. The molecule has 0 fully saturated rings. The molecular formula is C29H31N3O7. The van der Waals surface area contributed by atoms with Gasteiger partial charge in [-0.3, -0.25) is 9.78 Å². The zero-order valence-corrected chi connectivity index (χ0v) is 22.5. The molecule has 0 aliphatic rings. The Morgan fingerprint density at radius 1 is 1.00 bits per heavy atom. The molecule has 0 unspecified atom stereocenters. The first-order valence-corrected chi connectivity index (χ1v) is 12.4. The highest BCUT2D eigenvalue weighted by Gasteiger charge is 2.19. The number of carbonyl (C=O) groups is 1. The van der Waals surface area contributed by atoms with Crippen LogP contribution in [-0.2, 0) is 6.61 Å². The van der Waals surface area contributed by atoms with E-state index in [4.69, 9.17) is 28.4 Å². The fourth-order valence-electron chi connectivity index (χ4n) is 3.98. The Bertz CT molecular complexity index is 1560. The van der Waals surface area contributed by atoms with Gasteiger partial charge in [-0.05, 0) is 51.1 Å². The molecule has 10 heteroatoms. The summed E-state index contributed by atoms with van der Waals surface area (Å²) in [5.74, 6) is 1.58. The lowest BCUT2D eigenvalue weighted by Gasteiger charge is -2.13. The van der Waals surface area contributed by atoms with Gasteiger partial charge in [-0.2, -0.15) is 0 Å². The maximum Gasteiger partial charge on any atom is 0.261 e. The van der Waals surface area contributed by atoms with Crippen molar-refractivity contribution in [1.29, 1.82) is 0 Å². The summed E-state index contributed by atoms with van der Waals surface area (Å²) in [6.07, 6.45) is 1.55. The number of aliphatic hydroxyl groups is 1. The monoisotopic (exact) mass is 533 g/mol. The van der Waals surface area contributed by atoms with E-state index in [9.17, 15) is 9.90 Å². The molecule has 0 atom stereocenters. The lowest BCUT2D eigenvalue weighted by Crippen LogP contribution is -2.22. The Hall–Kier alpha value is -4.57. The van der Waals surface area contributed by atoms with Crippen LogP contribution in [0.25, 0.3) is 11.0 Å². The van der Waals surface area contributed by atoms with Crippen LogP contribution in [0, 0.1) is 6.92 Å². The predicted molar refractivity (Wildman–Crippen MR) is 146 cm³/mol. The Kier molecular flexibility index (Phi) is 8.67. The summed E-state index contributed by atoms with van der Waals surface area (Å²) in [6, 6.07) is 12.0. The standard InChI is InChI=1S/C29H31N3O7/c1-6-37-20-9-11-25(38-7-2)24(12-20)32-29-22(14-21-18(16-33)15-30-17(3)27(21)39-29)28(34)31-23-10-8-19(35-4)13-26(23)36-5/h8-15,33H,6-7,16H2,1-5H3,(H,31,34). The van der Waals surface area contributed by atoms with Gasteiger partial charge in [-0.15, -0.1) is 0 Å². The minimum Gasteiger partial charge on any atom is -0.497 e. The molecule has 0 aliphatic heterocycles. The molecule has 10 nitrogen and oxygen atoms in total. The minimum absolute atomic E-state index is 0.0297. The van der Waals surface area contributed by atoms with Crippen molar-refractivity contribution in [2.45, 2.75) is 27.4 Å². The zero-order chi connectivity index (χ0) is 27.9. The molecule has 0 saturated carbocycles. The lowest BCUT2D eigenvalue weighted by molar-refractivity contribution is 0.102. The van der Waals surface area contributed by atoms with E-state index in [1.165, 1.54) is 7.11 Å². The van der Waals surface area contributed by atoms with Crippen molar-refractivity contribution in [3.63, 3.8) is 0 Å². The summed E-state index contributed by atoms with van der Waals surface area (Å²) in [6.45, 7) is 6.14. The molecule has 204 valence electrons. The first-order chi connectivity index (χ1) is 18.9. The van der Waals surface area contributed by atoms with E-state index in [0.717, 1.165) is 0 Å². The largest absolute Gasteiger partial charge is 0.497 e. The molecule has 4 rings (SSSR count). The Balaban J connectivity index is 1.94. The number of benzene rings is 2. The summed E-state index contributed by atoms with van der Waals surface area (Å²) >= 11 is 0. The molecule has 2 aromatic heterocycles. The number of aromatic nitrogens is 1. The van der Waals surface area contributed by atoms with E-state index in [-0.39, 0.29) is 17.7 Å². The van der Waals surface area contributed by atoms with Gasteiger partial charge in [-0.1, -0.05) is 0 Å². The number of pyridine rings is 1. The van der Waals surface area contributed by atoms with Crippen LogP contribution < -0.4 is 29.8 Å². The molecule has 1 amide bonds. The SMILES string of the molecule is CCOc1ccc(OCC)c(N=c2oc3c(C)ncc(CO)c3cc2C(=O)Nc2ccc(OC)cc2OC)c1. The van der Waals surface area contributed by atoms with Crippen molar-refractivity contribution in [3.8, 4) is 23.0 Å². The number of hydrogen-bond acceptors (Lipinski definition) is 9. The number of nitrogens with one attached hydrogen (secondary N) is 1. The Morgan fingerprint density at radius 2 is 1.77 bits per heavy atom. The summed E-state index contributed by atoms with van der Waals surface area (Å²) < 4.78 is 28.3. The quantitative estimate of drug-likeness (QED) is 0.294. The molecule has 4 aromatic rings. The number of amides is 1. The topological polar surface area (TPSA) is 125 Å². The third-order valence-electron chi connectivity index (χ3n) is 5.89. The van der Waals surface area contributed by atoms with Crippen LogP contribution in [0.1, 0.15) is 35.5 Å². The number of carbonyl (C=O) groups excluding carboxylic acids is 1. The van der Waals surface area contributed by atoms with Crippen molar-refractivity contribution in [3.05, 3.63) is 71.0 Å². The summed E-state index contributed by atoms with van der Waals surface area (Å²) in [5, 5.41) is 13.3. The summed E-state index contributed by atoms with van der Waals surface area (Å²) in [4.78, 5) is 22.7. The van der Waals surface area contributed by atoms with Crippen molar-refractivity contribution >= 4 is 28.3 Å². The molecule has 2 heterocycles. The summed E-state index contributed by atoms with van der Waals surface area (Å²) in [7, 11) is 3.05. The van der Waals surface area contributed by atoms with Crippen LogP contribution in [-0.4, -0.2) is 43.4 Å². The number of fused-ring (bicyclic) bond motifs is 1. The number of methoxy groups -OCH3 is 2. The molecular weight excluding hydrogens is 502 g/mol. The summed E-state index contributed by atoms with van der Waals surface area (Å²) in [5.41, 5.74) is 2.50. The van der Waals surface area contributed by atoms with Crippen LogP contribution in [0.5, 0.6) is 23.0 Å². The van der Waals surface area contributed by atoms with Gasteiger partial charge in [0, 0.05) is 29.3 Å². The number of rotatable bonds is 10. The Labute approximate surface area is 225 Å².